The highest BCUT2D eigenvalue weighted by atomic mass is 14.9. The molecular formula is C44H31N3. The zero-order valence-corrected chi connectivity index (χ0v) is 26.3. The average Bonchev–Trinajstić information content (AvgIpc) is 3.38. The van der Waals surface area contributed by atoms with Gasteiger partial charge in [-0.1, -0.05) is 135 Å². The number of aromatic nitrogens is 2. The number of benzene rings is 6. The first kappa shape index (κ1) is 28.4. The van der Waals surface area contributed by atoms with Crippen LogP contribution in [0, 0.1) is 11.3 Å². The Bertz CT molecular complexity index is 2330. The fourth-order valence-corrected chi connectivity index (χ4v) is 6.88. The number of hydrogen-bond acceptors (Lipinski definition) is 3. The van der Waals surface area contributed by atoms with E-state index in [1.54, 1.807) is 0 Å². The summed E-state index contributed by atoms with van der Waals surface area (Å²) in [4.78, 5) is 10.2. The molecule has 8 rings (SSSR count). The van der Waals surface area contributed by atoms with Crippen LogP contribution in [0.15, 0.2) is 152 Å². The maximum Gasteiger partial charge on any atom is 0.160 e. The molecule has 3 nitrogen and oxygen atoms in total. The lowest BCUT2D eigenvalue weighted by Gasteiger charge is -2.21. The summed E-state index contributed by atoms with van der Waals surface area (Å²) < 4.78 is 0. The summed E-state index contributed by atoms with van der Waals surface area (Å²) in [5, 5.41) is 9.97. The van der Waals surface area contributed by atoms with E-state index in [0.29, 0.717) is 5.82 Å². The minimum Gasteiger partial charge on any atom is -0.228 e. The van der Waals surface area contributed by atoms with Gasteiger partial charge in [0.2, 0.25) is 0 Å². The van der Waals surface area contributed by atoms with Gasteiger partial charge < -0.3 is 0 Å². The van der Waals surface area contributed by atoms with Gasteiger partial charge in [-0.25, -0.2) is 9.97 Å². The van der Waals surface area contributed by atoms with Crippen molar-refractivity contribution in [1.82, 2.24) is 9.97 Å². The third kappa shape index (κ3) is 5.01. The van der Waals surface area contributed by atoms with E-state index in [-0.39, 0.29) is 5.41 Å². The van der Waals surface area contributed by atoms with Gasteiger partial charge in [-0.15, -0.1) is 0 Å². The number of rotatable bonds is 5. The van der Waals surface area contributed by atoms with Crippen LogP contribution in [0.25, 0.3) is 67.3 Å². The molecule has 1 heterocycles. The second kappa shape index (κ2) is 11.4. The normalized spacial score (nSPS) is 12.6. The van der Waals surface area contributed by atoms with Crippen molar-refractivity contribution in [1.29, 1.82) is 5.26 Å². The fraction of sp³-hybridized carbons (Fsp3) is 0.0682. The van der Waals surface area contributed by atoms with Crippen molar-refractivity contribution in [2.75, 3.05) is 0 Å². The molecule has 1 aromatic heterocycles. The van der Waals surface area contributed by atoms with Gasteiger partial charge in [0.15, 0.2) is 5.82 Å². The molecule has 0 amide bonds. The predicted molar refractivity (Wildman–Crippen MR) is 191 cm³/mol. The Morgan fingerprint density at radius 3 is 1.74 bits per heavy atom. The zero-order chi connectivity index (χ0) is 32.0. The van der Waals surface area contributed by atoms with E-state index in [9.17, 15) is 5.26 Å². The van der Waals surface area contributed by atoms with Crippen molar-refractivity contribution in [2.24, 2.45) is 0 Å². The van der Waals surface area contributed by atoms with Gasteiger partial charge in [0.1, 0.15) is 0 Å². The van der Waals surface area contributed by atoms with Crippen LogP contribution in [0.3, 0.4) is 0 Å². The van der Waals surface area contributed by atoms with Crippen LogP contribution in [0.2, 0.25) is 0 Å². The third-order valence-corrected chi connectivity index (χ3v) is 9.34. The summed E-state index contributed by atoms with van der Waals surface area (Å²) >= 11 is 0. The second-order valence-corrected chi connectivity index (χ2v) is 12.6. The Morgan fingerprint density at radius 1 is 0.468 bits per heavy atom. The van der Waals surface area contributed by atoms with E-state index in [0.717, 1.165) is 67.0 Å². The Kier molecular flexibility index (Phi) is 6.85. The lowest BCUT2D eigenvalue weighted by molar-refractivity contribution is 0.660. The first-order chi connectivity index (χ1) is 23.0. The maximum absolute atomic E-state index is 9.97. The van der Waals surface area contributed by atoms with Crippen LogP contribution in [-0.2, 0) is 5.41 Å². The Balaban J connectivity index is 1.25. The van der Waals surface area contributed by atoms with E-state index in [4.69, 9.17) is 9.97 Å². The molecule has 0 fully saturated rings. The summed E-state index contributed by atoms with van der Waals surface area (Å²) in [6.45, 7) is 4.48. The molecule has 222 valence electrons. The number of fused-ring (bicyclic) bond motifs is 3. The molecule has 0 saturated heterocycles. The molecule has 0 unspecified atom stereocenters. The van der Waals surface area contributed by atoms with Gasteiger partial charge in [-0.2, -0.15) is 5.26 Å². The molecule has 1 aliphatic carbocycles. The highest BCUT2D eigenvalue weighted by molar-refractivity contribution is 5.88. The number of hydrogen-bond donors (Lipinski definition) is 0. The van der Waals surface area contributed by atoms with E-state index < -0.39 is 0 Å². The van der Waals surface area contributed by atoms with Gasteiger partial charge in [0, 0.05) is 27.7 Å². The molecule has 0 radical (unpaired) electrons. The van der Waals surface area contributed by atoms with Crippen molar-refractivity contribution in [2.45, 2.75) is 19.3 Å². The summed E-state index contributed by atoms with van der Waals surface area (Å²) in [5.41, 5.74) is 14.5. The highest BCUT2D eigenvalue weighted by Crippen LogP contribution is 2.50. The van der Waals surface area contributed by atoms with Crippen LogP contribution in [0.1, 0.15) is 30.5 Å². The average molecular weight is 602 g/mol. The minimum atomic E-state index is -0.166. The SMILES string of the molecule is CC1(C)c2ccc(-c3cccc(-c4cc(-c5ccccc5)nc(-c5cccc(-c6ccccc6)c5)n4)c3)cc2-c2c(C#N)cccc21. The molecule has 0 atom stereocenters. The summed E-state index contributed by atoms with van der Waals surface area (Å²) in [6.07, 6.45) is 0. The largest absolute Gasteiger partial charge is 0.228 e. The monoisotopic (exact) mass is 601 g/mol. The lowest BCUT2D eigenvalue weighted by Crippen LogP contribution is -2.14. The fourth-order valence-electron chi connectivity index (χ4n) is 6.88. The van der Waals surface area contributed by atoms with Gasteiger partial charge in [0.05, 0.1) is 23.0 Å². The highest BCUT2D eigenvalue weighted by Gasteiger charge is 2.36. The first-order valence-corrected chi connectivity index (χ1v) is 15.9. The second-order valence-electron chi connectivity index (χ2n) is 12.6. The summed E-state index contributed by atoms with van der Waals surface area (Å²) in [5.74, 6) is 0.685. The van der Waals surface area contributed by atoms with Crippen molar-refractivity contribution in [3.8, 4) is 73.4 Å². The molecule has 0 aliphatic heterocycles. The minimum absolute atomic E-state index is 0.166. The molecule has 0 N–H and O–H groups in total. The maximum atomic E-state index is 9.97. The molecule has 6 aromatic carbocycles. The zero-order valence-electron chi connectivity index (χ0n) is 26.3. The lowest BCUT2D eigenvalue weighted by atomic mass is 9.82. The first-order valence-electron chi connectivity index (χ1n) is 15.9. The van der Waals surface area contributed by atoms with E-state index in [1.165, 1.54) is 11.1 Å². The number of nitrogens with zero attached hydrogens (tertiary/aromatic N) is 3. The Hall–Kier alpha value is -6.11. The Morgan fingerprint density at radius 2 is 1.02 bits per heavy atom. The molecule has 47 heavy (non-hydrogen) atoms. The van der Waals surface area contributed by atoms with Gasteiger partial charge >= 0.3 is 0 Å². The van der Waals surface area contributed by atoms with Crippen molar-refractivity contribution < 1.29 is 0 Å². The van der Waals surface area contributed by atoms with Crippen molar-refractivity contribution in [3.63, 3.8) is 0 Å². The topological polar surface area (TPSA) is 49.6 Å². The third-order valence-electron chi connectivity index (χ3n) is 9.34. The molecule has 0 bridgehead atoms. The van der Waals surface area contributed by atoms with Crippen LogP contribution in [0.4, 0.5) is 0 Å². The van der Waals surface area contributed by atoms with Gasteiger partial charge in [-0.3, -0.25) is 0 Å². The van der Waals surface area contributed by atoms with Crippen molar-refractivity contribution in [3.05, 3.63) is 168 Å². The van der Waals surface area contributed by atoms with Gasteiger partial charge in [0.25, 0.3) is 0 Å². The van der Waals surface area contributed by atoms with Crippen LogP contribution < -0.4 is 0 Å². The standard InChI is InChI=1S/C44H31N3/c1-44(2)38-23-22-33(26-37(38)42-36(28-45)20-11-21-39(42)44)32-17-9-18-34(24-32)41-27-40(30-14-7-4-8-15-30)46-43(47-41)35-19-10-16-31(25-35)29-12-5-3-6-13-29/h3-27H,1-2H3. The van der Waals surface area contributed by atoms with E-state index >= 15 is 0 Å². The van der Waals surface area contributed by atoms with Crippen LogP contribution in [-0.4, -0.2) is 9.97 Å². The van der Waals surface area contributed by atoms with E-state index in [1.807, 2.05) is 36.4 Å². The van der Waals surface area contributed by atoms with E-state index in [2.05, 4.69) is 135 Å². The molecule has 7 aromatic rings. The van der Waals surface area contributed by atoms with Crippen LogP contribution in [0.5, 0.6) is 0 Å². The van der Waals surface area contributed by atoms with Crippen molar-refractivity contribution >= 4 is 0 Å². The molecule has 0 saturated carbocycles. The Labute approximate surface area is 275 Å². The molecular weight excluding hydrogens is 571 g/mol. The number of nitriles is 1. The van der Waals surface area contributed by atoms with Gasteiger partial charge in [-0.05, 0) is 69.3 Å². The molecule has 0 spiro atoms. The quantitative estimate of drug-likeness (QED) is 0.197. The summed E-state index contributed by atoms with van der Waals surface area (Å²) in [7, 11) is 0. The molecule has 3 heteroatoms. The predicted octanol–water partition coefficient (Wildman–Crippen LogP) is 11.0. The molecule has 1 aliphatic rings. The summed E-state index contributed by atoms with van der Waals surface area (Å²) in [6, 6.07) is 54.9. The smallest absolute Gasteiger partial charge is 0.160 e. The van der Waals surface area contributed by atoms with Crippen LogP contribution >= 0.6 is 0 Å².